The van der Waals surface area contributed by atoms with Gasteiger partial charge < -0.3 is 19.0 Å². The molecule has 0 atom stereocenters. The highest BCUT2D eigenvalue weighted by molar-refractivity contribution is 9.10. The first-order chi connectivity index (χ1) is 15.2. The minimum atomic E-state index is -0.0968. The minimum Gasteiger partial charge on any atom is -0.486 e. The van der Waals surface area contributed by atoms with E-state index in [-0.39, 0.29) is 12.5 Å². The van der Waals surface area contributed by atoms with E-state index in [0.29, 0.717) is 24.6 Å². The second-order valence-electron chi connectivity index (χ2n) is 7.11. The normalized spacial score (nSPS) is 14.2. The summed E-state index contributed by atoms with van der Waals surface area (Å²) in [5.74, 6) is 1.60. The SMILES string of the molecule is O=C(c1ccc(COc2ccc(Br)cc2)o1)N1CCN(c2nc3cccnc3s2)CC1. The van der Waals surface area contributed by atoms with Gasteiger partial charge in [0.1, 0.15) is 28.5 Å². The molecular formula is C22H19BrN4O3S. The molecule has 3 aromatic heterocycles. The molecule has 0 aliphatic carbocycles. The van der Waals surface area contributed by atoms with Gasteiger partial charge >= 0.3 is 0 Å². The lowest BCUT2D eigenvalue weighted by atomic mass is 10.3. The Bertz CT molecular complexity index is 1170. The number of halogens is 1. The predicted molar refractivity (Wildman–Crippen MR) is 123 cm³/mol. The van der Waals surface area contributed by atoms with E-state index in [9.17, 15) is 4.79 Å². The average molecular weight is 499 g/mol. The van der Waals surface area contributed by atoms with Gasteiger partial charge in [-0.3, -0.25) is 4.79 Å². The Labute approximate surface area is 191 Å². The molecular weight excluding hydrogens is 480 g/mol. The molecule has 7 nitrogen and oxygen atoms in total. The van der Waals surface area contributed by atoms with E-state index in [2.05, 4.69) is 30.8 Å². The number of aromatic nitrogens is 2. The first-order valence-corrected chi connectivity index (χ1v) is 11.5. The smallest absolute Gasteiger partial charge is 0.289 e. The number of pyridine rings is 1. The third-order valence-corrected chi connectivity index (χ3v) is 6.63. The number of nitrogens with zero attached hydrogens (tertiary/aromatic N) is 4. The van der Waals surface area contributed by atoms with Crippen molar-refractivity contribution in [1.82, 2.24) is 14.9 Å². The molecule has 0 spiro atoms. The van der Waals surface area contributed by atoms with Crippen LogP contribution in [-0.4, -0.2) is 47.0 Å². The molecule has 1 aromatic carbocycles. The number of thiazole rings is 1. The number of ether oxygens (including phenoxy) is 1. The van der Waals surface area contributed by atoms with Gasteiger partial charge in [-0.1, -0.05) is 27.3 Å². The van der Waals surface area contributed by atoms with Crippen LogP contribution < -0.4 is 9.64 Å². The minimum absolute atomic E-state index is 0.0968. The van der Waals surface area contributed by atoms with E-state index in [0.717, 1.165) is 38.8 Å². The van der Waals surface area contributed by atoms with E-state index in [1.807, 2.05) is 41.3 Å². The number of anilines is 1. The molecule has 4 heterocycles. The number of hydrogen-bond donors (Lipinski definition) is 0. The number of carbonyl (C=O) groups is 1. The third-order valence-electron chi connectivity index (χ3n) is 5.06. The van der Waals surface area contributed by atoms with E-state index in [1.165, 1.54) is 0 Å². The second-order valence-corrected chi connectivity index (χ2v) is 8.98. The highest BCUT2D eigenvalue weighted by atomic mass is 79.9. The lowest BCUT2D eigenvalue weighted by Gasteiger charge is -2.34. The summed E-state index contributed by atoms with van der Waals surface area (Å²) in [6.45, 7) is 2.97. The second kappa shape index (κ2) is 8.68. The van der Waals surface area contributed by atoms with Crippen molar-refractivity contribution in [2.75, 3.05) is 31.1 Å². The van der Waals surface area contributed by atoms with Crippen molar-refractivity contribution < 1.29 is 13.9 Å². The van der Waals surface area contributed by atoms with Crippen molar-refractivity contribution in [3.8, 4) is 5.75 Å². The molecule has 31 heavy (non-hydrogen) atoms. The van der Waals surface area contributed by atoms with E-state index in [4.69, 9.17) is 9.15 Å². The van der Waals surface area contributed by atoms with Gasteiger partial charge in [0.25, 0.3) is 5.91 Å². The lowest BCUT2D eigenvalue weighted by molar-refractivity contribution is 0.0710. The van der Waals surface area contributed by atoms with Crippen molar-refractivity contribution >= 4 is 48.7 Å². The fraction of sp³-hybridized carbons (Fsp3) is 0.227. The van der Waals surface area contributed by atoms with Crippen LogP contribution >= 0.6 is 27.3 Å². The number of fused-ring (bicyclic) bond motifs is 1. The van der Waals surface area contributed by atoms with E-state index < -0.39 is 0 Å². The maximum atomic E-state index is 12.9. The van der Waals surface area contributed by atoms with Gasteiger partial charge in [0.2, 0.25) is 0 Å². The van der Waals surface area contributed by atoms with Gasteiger partial charge in [-0.15, -0.1) is 0 Å². The molecule has 1 aliphatic heterocycles. The van der Waals surface area contributed by atoms with E-state index in [1.54, 1.807) is 29.7 Å². The van der Waals surface area contributed by atoms with Gasteiger partial charge in [-0.05, 0) is 48.5 Å². The zero-order valence-electron chi connectivity index (χ0n) is 16.5. The molecule has 0 radical (unpaired) electrons. The number of amides is 1. The van der Waals surface area contributed by atoms with Crippen molar-refractivity contribution in [2.45, 2.75) is 6.61 Å². The number of rotatable bonds is 5. The summed E-state index contributed by atoms with van der Waals surface area (Å²) >= 11 is 4.98. The van der Waals surface area contributed by atoms with Crippen molar-refractivity contribution in [1.29, 1.82) is 0 Å². The van der Waals surface area contributed by atoms with Gasteiger partial charge in [-0.2, -0.15) is 0 Å². The van der Waals surface area contributed by atoms with Crippen LogP contribution in [0.4, 0.5) is 5.13 Å². The first-order valence-electron chi connectivity index (χ1n) is 9.88. The highest BCUT2D eigenvalue weighted by Gasteiger charge is 2.26. The maximum Gasteiger partial charge on any atom is 0.289 e. The molecule has 9 heteroatoms. The zero-order chi connectivity index (χ0) is 21.2. The maximum absolute atomic E-state index is 12.9. The number of furan rings is 1. The Morgan fingerprint density at radius 2 is 1.90 bits per heavy atom. The largest absolute Gasteiger partial charge is 0.486 e. The lowest BCUT2D eigenvalue weighted by Crippen LogP contribution is -2.48. The van der Waals surface area contributed by atoms with Crippen LogP contribution in [-0.2, 0) is 6.61 Å². The molecule has 0 bridgehead atoms. The van der Waals surface area contributed by atoms with Crippen molar-refractivity contribution in [2.24, 2.45) is 0 Å². The van der Waals surface area contributed by atoms with Crippen LogP contribution in [0.3, 0.4) is 0 Å². The molecule has 0 saturated carbocycles. The van der Waals surface area contributed by atoms with Gasteiger partial charge in [-0.25, -0.2) is 9.97 Å². The molecule has 158 valence electrons. The number of piperazine rings is 1. The summed E-state index contributed by atoms with van der Waals surface area (Å²) < 4.78 is 12.4. The Kier molecular flexibility index (Phi) is 5.61. The van der Waals surface area contributed by atoms with Crippen LogP contribution in [0.1, 0.15) is 16.3 Å². The Hall–Kier alpha value is -2.91. The summed E-state index contributed by atoms with van der Waals surface area (Å²) in [6.07, 6.45) is 1.78. The quantitative estimate of drug-likeness (QED) is 0.400. The van der Waals surface area contributed by atoms with Gasteiger partial charge in [0.15, 0.2) is 10.9 Å². The standard InChI is InChI=1S/C22H19BrN4O3S/c23-15-3-5-16(6-4-15)29-14-17-7-8-19(30-17)21(28)26-10-12-27(13-11-26)22-25-18-2-1-9-24-20(18)31-22/h1-9H,10-14H2. The molecule has 1 saturated heterocycles. The Morgan fingerprint density at radius 3 is 2.68 bits per heavy atom. The number of benzene rings is 1. The molecule has 0 N–H and O–H groups in total. The monoisotopic (exact) mass is 498 g/mol. The summed E-state index contributed by atoms with van der Waals surface area (Å²) in [5, 5.41) is 0.950. The summed E-state index contributed by atoms with van der Waals surface area (Å²) in [4.78, 5) is 26.8. The number of hydrogen-bond acceptors (Lipinski definition) is 7. The van der Waals surface area contributed by atoms with Gasteiger partial charge in [0.05, 0.1) is 0 Å². The highest BCUT2D eigenvalue weighted by Crippen LogP contribution is 2.28. The molecule has 1 fully saturated rings. The summed E-state index contributed by atoms with van der Waals surface area (Å²) in [5.41, 5.74) is 0.912. The molecule has 4 aromatic rings. The molecule has 1 aliphatic rings. The van der Waals surface area contributed by atoms with Crippen LogP contribution in [0.2, 0.25) is 0 Å². The Morgan fingerprint density at radius 1 is 1.10 bits per heavy atom. The average Bonchev–Trinajstić information content (AvgIpc) is 3.45. The Balaban J connectivity index is 1.17. The topological polar surface area (TPSA) is 71.7 Å². The summed E-state index contributed by atoms with van der Waals surface area (Å²) in [7, 11) is 0. The number of carbonyl (C=O) groups excluding carboxylic acids is 1. The first kappa shape index (κ1) is 20.0. The molecule has 0 unspecified atom stereocenters. The molecule has 1 amide bonds. The summed E-state index contributed by atoms with van der Waals surface area (Å²) in [6, 6.07) is 14.9. The fourth-order valence-electron chi connectivity index (χ4n) is 3.41. The van der Waals surface area contributed by atoms with Crippen molar-refractivity contribution in [3.63, 3.8) is 0 Å². The zero-order valence-corrected chi connectivity index (χ0v) is 18.9. The predicted octanol–water partition coefficient (Wildman–Crippen LogP) is 4.59. The van der Waals surface area contributed by atoms with Crippen LogP contribution in [0.15, 0.2) is 63.6 Å². The van der Waals surface area contributed by atoms with Crippen LogP contribution in [0.5, 0.6) is 5.75 Å². The van der Waals surface area contributed by atoms with E-state index >= 15 is 0 Å². The fourth-order valence-corrected chi connectivity index (χ4v) is 4.63. The van der Waals surface area contributed by atoms with Crippen LogP contribution in [0, 0.1) is 0 Å². The van der Waals surface area contributed by atoms with Crippen LogP contribution in [0.25, 0.3) is 10.3 Å². The van der Waals surface area contributed by atoms with Crippen molar-refractivity contribution in [3.05, 3.63) is 70.7 Å². The van der Waals surface area contributed by atoms with Gasteiger partial charge in [0, 0.05) is 36.8 Å². The molecule has 5 rings (SSSR count). The third kappa shape index (κ3) is 4.42.